The average molecular weight is 461 g/mol. The molecule has 5 heteroatoms. The Labute approximate surface area is 202 Å². The molecule has 2 rings (SSSR count). The molecule has 188 valence electrons. The number of amides is 1. The van der Waals surface area contributed by atoms with Gasteiger partial charge in [-0.25, -0.2) is 0 Å². The van der Waals surface area contributed by atoms with Crippen LogP contribution in [0.2, 0.25) is 0 Å². The SMILES string of the molecule is CCCCN(C(=O)c1cc(C(C)(C)C)c(O)c(C(C)(C)C)c1)C1CC(C)(C)N(O)C(C)(C)C1. The normalized spacial score (nSPS) is 19.5. The third-order valence-corrected chi connectivity index (χ3v) is 7.04. The largest absolute Gasteiger partial charge is 0.507 e. The molecular formula is C28H48N2O3. The first-order valence-corrected chi connectivity index (χ1v) is 12.5. The van der Waals surface area contributed by atoms with Gasteiger partial charge in [0.15, 0.2) is 0 Å². The smallest absolute Gasteiger partial charge is 0.254 e. The van der Waals surface area contributed by atoms with Crippen molar-refractivity contribution in [3.63, 3.8) is 0 Å². The van der Waals surface area contributed by atoms with Crippen molar-refractivity contribution in [1.29, 1.82) is 0 Å². The number of unbranched alkanes of at least 4 members (excludes halogenated alkanes) is 1. The number of hydrogen-bond acceptors (Lipinski definition) is 4. The second-order valence-corrected chi connectivity index (χ2v) is 13.3. The van der Waals surface area contributed by atoms with Crippen LogP contribution < -0.4 is 0 Å². The zero-order valence-electron chi connectivity index (χ0n) is 23.0. The van der Waals surface area contributed by atoms with Crippen molar-refractivity contribution in [2.24, 2.45) is 0 Å². The van der Waals surface area contributed by atoms with E-state index in [1.54, 1.807) is 0 Å². The van der Waals surface area contributed by atoms with Gasteiger partial charge in [0, 0.05) is 40.4 Å². The van der Waals surface area contributed by atoms with Gasteiger partial charge in [-0.2, -0.15) is 5.06 Å². The number of phenols is 1. The fraction of sp³-hybridized carbons (Fsp3) is 0.750. The predicted octanol–water partition coefficient (Wildman–Crippen LogP) is 6.64. The first-order valence-electron chi connectivity index (χ1n) is 12.5. The lowest BCUT2D eigenvalue weighted by molar-refractivity contribution is -0.250. The number of carbonyl (C=O) groups is 1. The van der Waals surface area contributed by atoms with Gasteiger partial charge in [-0.15, -0.1) is 0 Å². The van der Waals surface area contributed by atoms with Crippen LogP contribution in [0.15, 0.2) is 12.1 Å². The predicted molar refractivity (Wildman–Crippen MR) is 136 cm³/mol. The average Bonchev–Trinajstić information content (AvgIpc) is 2.64. The molecule has 1 saturated heterocycles. The van der Waals surface area contributed by atoms with Crippen LogP contribution in [0, 0.1) is 0 Å². The van der Waals surface area contributed by atoms with Gasteiger partial charge in [0.25, 0.3) is 5.91 Å². The minimum absolute atomic E-state index is 0.0161. The number of hydroxylamine groups is 2. The standard InChI is InChI=1S/C28H48N2O3/c1-12-13-14-29(20-17-27(8,9)30(33)28(10,11)18-20)24(32)19-15-21(25(2,3)4)23(31)22(16-19)26(5,6)7/h15-16,20,31,33H,12-14,17-18H2,1-11H3. The van der Waals surface area contributed by atoms with E-state index in [-0.39, 0.29) is 22.8 Å². The molecule has 2 N–H and O–H groups in total. The molecule has 0 radical (unpaired) electrons. The van der Waals surface area contributed by atoms with E-state index in [0.29, 0.717) is 30.7 Å². The Bertz CT molecular complexity index is 806. The number of rotatable bonds is 5. The van der Waals surface area contributed by atoms with Gasteiger partial charge in [-0.3, -0.25) is 4.79 Å². The molecule has 0 saturated carbocycles. The van der Waals surface area contributed by atoms with Crippen molar-refractivity contribution in [3.8, 4) is 5.75 Å². The van der Waals surface area contributed by atoms with Crippen LogP contribution in [0.25, 0.3) is 0 Å². The summed E-state index contributed by atoms with van der Waals surface area (Å²) in [6, 6.07) is 3.81. The molecule has 33 heavy (non-hydrogen) atoms. The summed E-state index contributed by atoms with van der Waals surface area (Å²) in [5, 5.41) is 23.4. The monoisotopic (exact) mass is 460 g/mol. The van der Waals surface area contributed by atoms with E-state index >= 15 is 0 Å². The van der Waals surface area contributed by atoms with Gasteiger partial charge in [0.05, 0.1) is 0 Å². The molecule has 0 spiro atoms. The van der Waals surface area contributed by atoms with Crippen LogP contribution in [-0.4, -0.2) is 49.8 Å². The highest BCUT2D eigenvalue weighted by molar-refractivity contribution is 5.95. The van der Waals surface area contributed by atoms with Gasteiger partial charge in [-0.05, 0) is 69.9 Å². The third-order valence-electron chi connectivity index (χ3n) is 7.04. The van der Waals surface area contributed by atoms with E-state index in [1.807, 2.05) is 44.7 Å². The third kappa shape index (κ3) is 5.92. The molecular weight excluding hydrogens is 412 g/mol. The fourth-order valence-corrected chi connectivity index (χ4v) is 5.28. The van der Waals surface area contributed by atoms with E-state index in [0.717, 1.165) is 24.0 Å². The summed E-state index contributed by atoms with van der Waals surface area (Å²) >= 11 is 0. The molecule has 1 aliphatic heterocycles. The number of nitrogens with zero attached hydrogens (tertiary/aromatic N) is 2. The maximum Gasteiger partial charge on any atom is 0.254 e. The summed E-state index contributed by atoms with van der Waals surface area (Å²) in [5.41, 5.74) is 0.806. The van der Waals surface area contributed by atoms with Crippen LogP contribution >= 0.6 is 0 Å². The molecule has 0 atom stereocenters. The lowest BCUT2D eigenvalue weighted by atomic mass is 9.77. The summed E-state index contributed by atoms with van der Waals surface area (Å²) < 4.78 is 0. The number of hydrogen-bond donors (Lipinski definition) is 2. The topological polar surface area (TPSA) is 64.0 Å². The lowest BCUT2D eigenvalue weighted by Crippen LogP contribution is -2.63. The van der Waals surface area contributed by atoms with Crippen LogP contribution in [-0.2, 0) is 10.8 Å². The lowest BCUT2D eigenvalue weighted by Gasteiger charge is -2.53. The highest BCUT2D eigenvalue weighted by Crippen LogP contribution is 2.42. The highest BCUT2D eigenvalue weighted by Gasteiger charge is 2.47. The Morgan fingerprint density at radius 2 is 1.42 bits per heavy atom. The molecule has 1 aromatic rings. The first-order chi connectivity index (χ1) is 14.8. The zero-order chi connectivity index (χ0) is 25.6. The Kier molecular flexibility index (Phi) is 7.73. The van der Waals surface area contributed by atoms with E-state index in [4.69, 9.17) is 0 Å². The van der Waals surface area contributed by atoms with Gasteiger partial charge in [0.2, 0.25) is 0 Å². The fourth-order valence-electron chi connectivity index (χ4n) is 5.28. The van der Waals surface area contributed by atoms with Gasteiger partial charge >= 0.3 is 0 Å². The summed E-state index contributed by atoms with van der Waals surface area (Å²) in [6.07, 6.45) is 3.35. The van der Waals surface area contributed by atoms with E-state index in [1.165, 1.54) is 5.06 Å². The first kappa shape index (κ1) is 27.7. The van der Waals surface area contributed by atoms with Crippen molar-refractivity contribution in [1.82, 2.24) is 9.96 Å². The van der Waals surface area contributed by atoms with Crippen molar-refractivity contribution < 1.29 is 15.1 Å². The summed E-state index contributed by atoms with van der Waals surface area (Å²) in [7, 11) is 0. The quantitative estimate of drug-likeness (QED) is 0.517. The highest BCUT2D eigenvalue weighted by atomic mass is 16.5. The van der Waals surface area contributed by atoms with Gasteiger partial charge < -0.3 is 15.2 Å². The Morgan fingerprint density at radius 3 is 1.79 bits per heavy atom. The van der Waals surface area contributed by atoms with Crippen molar-refractivity contribution in [2.75, 3.05) is 6.54 Å². The van der Waals surface area contributed by atoms with Crippen LogP contribution in [0.1, 0.15) is 123 Å². The molecule has 5 nitrogen and oxygen atoms in total. The van der Waals surface area contributed by atoms with Gasteiger partial charge in [-0.1, -0.05) is 54.9 Å². The molecule has 0 bridgehead atoms. The molecule has 1 amide bonds. The zero-order valence-corrected chi connectivity index (χ0v) is 23.0. The Balaban J connectivity index is 2.60. The van der Waals surface area contributed by atoms with Crippen molar-refractivity contribution in [2.45, 2.75) is 130 Å². The Hall–Kier alpha value is -1.59. The molecule has 1 aromatic carbocycles. The van der Waals surface area contributed by atoms with E-state index < -0.39 is 11.1 Å². The maximum absolute atomic E-state index is 14.1. The van der Waals surface area contributed by atoms with Crippen molar-refractivity contribution >= 4 is 5.91 Å². The van der Waals surface area contributed by atoms with Crippen LogP contribution in [0.3, 0.4) is 0 Å². The van der Waals surface area contributed by atoms with Crippen molar-refractivity contribution in [3.05, 3.63) is 28.8 Å². The molecule has 0 unspecified atom stereocenters. The second kappa shape index (κ2) is 9.22. The number of phenolic OH excluding ortho intramolecular Hbond substituents is 1. The van der Waals surface area contributed by atoms with Crippen LogP contribution in [0.5, 0.6) is 5.75 Å². The minimum atomic E-state index is -0.431. The maximum atomic E-state index is 14.1. The number of piperidine rings is 1. The molecule has 1 aliphatic rings. The number of benzene rings is 1. The molecule has 0 aromatic heterocycles. The Morgan fingerprint density at radius 1 is 1.00 bits per heavy atom. The molecule has 1 fully saturated rings. The molecule has 1 heterocycles. The summed E-state index contributed by atoms with van der Waals surface area (Å²) in [6.45, 7) is 23.4. The second-order valence-electron chi connectivity index (χ2n) is 13.3. The minimum Gasteiger partial charge on any atom is -0.507 e. The van der Waals surface area contributed by atoms with Crippen LogP contribution in [0.4, 0.5) is 0 Å². The summed E-state index contributed by atoms with van der Waals surface area (Å²) in [5.74, 6) is 0.310. The van der Waals surface area contributed by atoms with E-state index in [2.05, 4.69) is 48.5 Å². The van der Waals surface area contributed by atoms with E-state index in [9.17, 15) is 15.1 Å². The number of aromatic hydroxyl groups is 1. The molecule has 0 aliphatic carbocycles. The summed E-state index contributed by atoms with van der Waals surface area (Å²) in [4.78, 5) is 16.1. The van der Waals surface area contributed by atoms with Gasteiger partial charge in [0.1, 0.15) is 5.75 Å². The number of carbonyl (C=O) groups excluding carboxylic acids is 1.